The Morgan fingerprint density at radius 3 is 2.29 bits per heavy atom. The number of hydrogen-bond donors (Lipinski definition) is 0. The van der Waals surface area contributed by atoms with Crippen LogP contribution in [0.3, 0.4) is 0 Å². The van der Waals surface area contributed by atoms with Crippen molar-refractivity contribution < 1.29 is 14.3 Å². The standard InChI is InChI=1S/C9H8NO3S/c1-13-8(11)10(9(12)14)7-5-3-2-4-6-7/h2-6H,1H3. The summed E-state index contributed by atoms with van der Waals surface area (Å²) < 4.78 is 4.43. The highest BCUT2D eigenvalue weighted by Crippen LogP contribution is 2.16. The first-order valence-electron chi connectivity index (χ1n) is 3.81. The van der Waals surface area contributed by atoms with E-state index in [0.29, 0.717) is 5.69 Å². The number of rotatable bonds is 1. The predicted molar refractivity (Wildman–Crippen MR) is 54.3 cm³/mol. The average Bonchev–Trinajstić information content (AvgIpc) is 2.19. The van der Waals surface area contributed by atoms with Crippen molar-refractivity contribution >= 4 is 29.6 Å². The van der Waals surface area contributed by atoms with Gasteiger partial charge in [-0.2, -0.15) is 0 Å². The van der Waals surface area contributed by atoms with Crippen LogP contribution in [-0.2, 0) is 4.74 Å². The lowest BCUT2D eigenvalue weighted by molar-refractivity contribution is 0.180. The minimum atomic E-state index is -0.789. The van der Waals surface area contributed by atoms with Gasteiger partial charge in [0.25, 0.3) is 0 Å². The molecule has 73 valence electrons. The number of nitrogens with zero attached hydrogens (tertiary/aromatic N) is 1. The minimum Gasteiger partial charge on any atom is -0.452 e. The van der Waals surface area contributed by atoms with Gasteiger partial charge in [0.1, 0.15) is 0 Å². The maximum atomic E-state index is 11.2. The average molecular weight is 210 g/mol. The molecule has 0 bridgehead atoms. The molecule has 0 unspecified atom stereocenters. The Morgan fingerprint density at radius 1 is 1.29 bits per heavy atom. The number of para-hydroxylation sites is 1. The first-order valence-corrected chi connectivity index (χ1v) is 4.21. The number of anilines is 1. The van der Waals surface area contributed by atoms with E-state index in [4.69, 9.17) is 0 Å². The summed E-state index contributed by atoms with van der Waals surface area (Å²) in [6.45, 7) is 0. The number of carbonyl (C=O) groups excluding carboxylic acids is 2. The van der Waals surface area contributed by atoms with Crippen LogP contribution in [0.4, 0.5) is 15.3 Å². The fourth-order valence-electron chi connectivity index (χ4n) is 0.954. The van der Waals surface area contributed by atoms with E-state index in [0.717, 1.165) is 4.90 Å². The van der Waals surface area contributed by atoms with Gasteiger partial charge >= 0.3 is 11.3 Å². The number of ether oxygens (including phenoxy) is 1. The van der Waals surface area contributed by atoms with Gasteiger partial charge in [-0.25, -0.2) is 9.69 Å². The second-order valence-electron chi connectivity index (χ2n) is 2.41. The topological polar surface area (TPSA) is 46.6 Å². The first-order chi connectivity index (χ1) is 6.66. The predicted octanol–water partition coefficient (Wildman–Crippen LogP) is 2.58. The summed E-state index contributed by atoms with van der Waals surface area (Å²) >= 11 is 4.41. The van der Waals surface area contributed by atoms with E-state index in [-0.39, 0.29) is 0 Å². The van der Waals surface area contributed by atoms with Crippen LogP contribution >= 0.6 is 12.6 Å². The molecule has 0 saturated carbocycles. The molecular weight excluding hydrogens is 202 g/mol. The van der Waals surface area contributed by atoms with E-state index in [1.807, 2.05) is 0 Å². The third-order valence-corrected chi connectivity index (χ3v) is 1.74. The lowest BCUT2D eigenvalue weighted by Crippen LogP contribution is -2.32. The Balaban J connectivity index is 3.01. The summed E-state index contributed by atoms with van der Waals surface area (Å²) in [5.74, 6) is 0. The lowest BCUT2D eigenvalue weighted by Gasteiger charge is -2.15. The van der Waals surface area contributed by atoms with Crippen molar-refractivity contribution in [1.29, 1.82) is 0 Å². The van der Waals surface area contributed by atoms with Gasteiger partial charge in [0, 0.05) is 0 Å². The molecule has 4 nitrogen and oxygen atoms in total. The summed E-state index contributed by atoms with van der Waals surface area (Å²) in [7, 11) is 1.19. The van der Waals surface area contributed by atoms with Crippen LogP contribution in [0, 0.1) is 0 Å². The SMILES string of the molecule is COC(=O)N(C(=O)[S])c1ccccc1. The molecule has 0 N–H and O–H groups in total. The molecule has 1 aromatic rings. The Hall–Kier alpha value is -1.62. The lowest BCUT2D eigenvalue weighted by atomic mass is 10.3. The summed E-state index contributed by atoms with van der Waals surface area (Å²) in [6.07, 6.45) is -0.781. The molecule has 1 aromatic carbocycles. The molecule has 0 spiro atoms. The molecule has 1 rings (SSSR count). The van der Waals surface area contributed by atoms with Crippen molar-refractivity contribution in [3.8, 4) is 0 Å². The minimum absolute atomic E-state index is 0.402. The summed E-state index contributed by atoms with van der Waals surface area (Å²) in [6, 6.07) is 8.36. The zero-order valence-corrected chi connectivity index (χ0v) is 8.28. The van der Waals surface area contributed by atoms with Crippen molar-refractivity contribution in [2.45, 2.75) is 0 Å². The molecule has 0 fully saturated rings. The fourth-order valence-corrected chi connectivity index (χ4v) is 1.13. The normalized spacial score (nSPS) is 9.21. The molecular formula is C9H8NO3S. The Bertz CT molecular complexity index is 339. The second kappa shape index (κ2) is 4.57. The van der Waals surface area contributed by atoms with E-state index >= 15 is 0 Å². The fraction of sp³-hybridized carbons (Fsp3) is 0.111. The number of imide groups is 1. The number of benzene rings is 1. The number of carbonyl (C=O) groups is 2. The van der Waals surface area contributed by atoms with Gasteiger partial charge in [0.2, 0.25) is 0 Å². The third-order valence-electron chi connectivity index (χ3n) is 1.55. The van der Waals surface area contributed by atoms with Crippen LogP contribution in [0.1, 0.15) is 0 Å². The number of methoxy groups -OCH3 is 1. The smallest absolute Gasteiger partial charge is 0.421 e. The Labute approximate surface area is 86.9 Å². The van der Waals surface area contributed by atoms with Gasteiger partial charge in [-0.3, -0.25) is 4.79 Å². The van der Waals surface area contributed by atoms with Crippen molar-refractivity contribution in [1.82, 2.24) is 0 Å². The van der Waals surface area contributed by atoms with Crippen LogP contribution in [0.5, 0.6) is 0 Å². The van der Waals surface area contributed by atoms with Crippen LogP contribution in [0.15, 0.2) is 30.3 Å². The van der Waals surface area contributed by atoms with E-state index < -0.39 is 11.3 Å². The van der Waals surface area contributed by atoms with Gasteiger partial charge in [-0.05, 0) is 24.8 Å². The molecule has 0 heterocycles. The maximum absolute atomic E-state index is 11.2. The zero-order chi connectivity index (χ0) is 10.6. The molecule has 0 aromatic heterocycles. The molecule has 14 heavy (non-hydrogen) atoms. The molecule has 0 aliphatic heterocycles. The summed E-state index contributed by atoms with van der Waals surface area (Å²) in [5.41, 5.74) is 0.402. The molecule has 0 saturated heterocycles. The van der Waals surface area contributed by atoms with Crippen LogP contribution in [0.2, 0.25) is 0 Å². The van der Waals surface area contributed by atoms with Gasteiger partial charge in [0.05, 0.1) is 12.8 Å². The van der Waals surface area contributed by atoms with Crippen LogP contribution < -0.4 is 4.90 Å². The van der Waals surface area contributed by atoms with E-state index in [1.165, 1.54) is 7.11 Å². The van der Waals surface area contributed by atoms with Crippen LogP contribution in [0.25, 0.3) is 0 Å². The molecule has 5 heteroatoms. The number of hydrogen-bond acceptors (Lipinski definition) is 3. The molecule has 0 aliphatic carbocycles. The van der Waals surface area contributed by atoms with Gasteiger partial charge < -0.3 is 4.74 Å². The van der Waals surface area contributed by atoms with Crippen molar-refractivity contribution in [3.63, 3.8) is 0 Å². The van der Waals surface area contributed by atoms with Gasteiger partial charge in [0.15, 0.2) is 0 Å². The monoisotopic (exact) mass is 210 g/mol. The maximum Gasteiger partial charge on any atom is 0.421 e. The summed E-state index contributed by atoms with van der Waals surface area (Å²) in [5, 5.41) is -0.789. The van der Waals surface area contributed by atoms with Crippen molar-refractivity contribution in [3.05, 3.63) is 30.3 Å². The zero-order valence-electron chi connectivity index (χ0n) is 7.47. The Morgan fingerprint density at radius 2 is 1.86 bits per heavy atom. The highest BCUT2D eigenvalue weighted by Gasteiger charge is 2.21. The second-order valence-corrected chi connectivity index (χ2v) is 2.76. The third kappa shape index (κ3) is 2.20. The van der Waals surface area contributed by atoms with Crippen LogP contribution in [-0.4, -0.2) is 18.4 Å². The summed E-state index contributed by atoms with van der Waals surface area (Å²) in [4.78, 5) is 22.9. The Kier molecular flexibility index (Phi) is 3.41. The molecule has 2 amide bonds. The highest BCUT2D eigenvalue weighted by atomic mass is 32.1. The van der Waals surface area contributed by atoms with Gasteiger partial charge in [-0.15, -0.1) is 0 Å². The molecule has 0 aliphatic rings. The van der Waals surface area contributed by atoms with E-state index in [1.54, 1.807) is 30.3 Å². The van der Waals surface area contributed by atoms with E-state index in [2.05, 4.69) is 17.4 Å². The van der Waals surface area contributed by atoms with Crippen molar-refractivity contribution in [2.75, 3.05) is 12.0 Å². The highest BCUT2D eigenvalue weighted by molar-refractivity contribution is 7.97. The largest absolute Gasteiger partial charge is 0.452 e. The number of amides is 2. The molecule has 0 atom stereocenters. The first kappa shape index (κ1) is 10.5. The molecule has 1 radical (unpaired) electrons. The quantitative estimate of drug-likeness (QED) is 0.715. The van der Waals surface area contributed by atoms with Crippen molar-refractivity contribution in [2.24, 2.45) is 0 Å². The van der Waals surface area contributed by atoms with E-state index in [9.17, 15) is 9.59 Å². The van der Waals surface area contributed by atoms with Gasteiger partial charge in [-0.1, -0.05) is 18.2 Å².